The number of rotatable bonds is 3. The first-order valence-electron chi connectivity index (χ1n) is 11.7. The monoisotopic (exact) mass is 455 g/mol. The summed E-state index contributed by atoms with van der Waals surface area (Å²) in [5.74, 6) is 6.73. The lowest BCUT2D eigenvalue weighted by Crippen LogP contribution is -2.48. The number of likely N-dealkylation sites (tertiary alicyclic amines) is 1. The second-order valence-corrected chi connectivity index (χ2v) is 9.17. The Balaban J connectivity index is 1.30. The van der Waals surface area contributed by atoms with Crippen molar-refractivity contribution < 1.29 is 14.3 Å². The molecule has 2 aliphatic rings. The van der Waals surface area contributed by atoms with Gasteiger partial charge in [0.1, 0.15) is 6.23 Å². The van der Waals surface area contributed by atoms with Crippen molar-refractivity contribution in [3.05, 3.63) is 88.9 Å². The molecule has 0 saturated carbocycles. The van der Waals surface area contributed by atoms with Crippen LogP contribution >= 0.6 is 0 Å². The fourth-order valence-corrected chi connectivity index (χ4v) is 5.11. The van der Waals surface area contributed by atoms with Crippen molar-refractivity contribution in [3.63, 3.8) is 0 Å². The number of hydrogen-bond donors (Lipinski definition) is 2. The van der Waals surface area contributed by atoms with Gasteiger partial charge in [0.2, 0.25) is 0 Å². The molecule has 6 heteroatoms. The van der Waals surface area contributed by atoms with E-state index in [4.69, 9.17) is 10.2 Å². The molecule has 1 amide bonds. The number of anilines is 1. The Kier molecular flexibility index (Phi) is 5.91. The molecule has 3 aromatic rings. The molecule has 1 unspecified atom stereocenters. The Bertz CT molecular complexity index is 1240. The minimum Gasteiger partial charge on any atom is -0.443 e. The molecule has 1 saturated heterocycles. The molecule has 3 N–H and O–H groups in total. The maximum absolute atomic E-state index is 13.1. The van der Waals surface area contributed by atoms with Crippen LogP contribution < -0.4 is 10.6 Å². The van der Waals surface area contributed by atoms with E-state index in [1.807, 2.05) is 41.3 Å². The summed E-state index contributed by atoms with van der Waals surface area (Å²) in [4.78, 5) is 17.0. The number of aliphatic hydroxyl groups is 1. The highest BCUT2D eigenvalue weighted by Gasteiger charge is 2.46. The van der Waals surface area contributed by atoms with E-state index in [2.05, 4.69) is 28.9 Å². The van der Waals surface area contributed by atoms with Gasteiger partial charge in [-0.05, 0) is 67.1 Å². The number of amides is 1. The van der Waals surface area contributed by atoms with Crippen LogP contribution in [0.15, 0.2) is 65.1 Å². The number of benzene rings is 2. The van der Waals surface area contributed by atoms with E-state index < -0.39 is 6.23 Å². The van der Waals surface area contributed by atoms with Gasteiger partial charge < -0.3 is 25.1 Å². The molecule has 5 rings (SSSR count). The van der Waals surface area contributed by atoms with Gasteiger partial charge >= 0.3 is 0 Å². The van der Waals surface area contributed by atoms with Gasteiger partial charge in [-0.2, -0.15) is 0 Å². The summed E-state index contributed by atoms with van der Waals surface area (Å²) in [5, 5.41) is 10.4. The quantitative estimate of drug-likeness (QED) is 0.591. The fraction of sp³-hybridized carbons (Fsp3) is 0.321. The summed E-state index contributed by atoms with van der Waals surface area (Å²) < 4.78 is 5.75. The predicted molar refractivity (Wildman–Crippen MR) is 131 cm³/mol. The molecule has 1 fully saturated rings. The molecule has 174 valence electrons. The third-order valence-electron chi connectivity index (χ3n) is 7.03. The lowest BCUT2D eigenvalue weighted by molar-refractivity contribution is 0.0636. The maximum Gasteiger partial charge on any atom is 0.289 e. The number of carbonyl (C=O) groups is 1. The van der Waals surface area contributed by atoms with Crippen LogP contribution in [0.1, 0.15) is 52.8 Å². The molecular formula is C28H29N3O3. The van der Waals surface area contributed by atoms with Crippen LogP contribution in [0.25, 0.3) is 0 Å². The molecule has 0 bridgehead atoms. The molecule has 0 aliphatic carbocycles. The number of piperidine rings is 1. The average Bonchev–Trinajstić information content (AvgIpc) is 3.47. The minimum absolute atomic E-state index is 0.0935. The number of nitrogens with zero attached hydrogens (tertiary/aromatic N) is 2. The summed E-state index contributed by atoms with van der Waals surface area (Å²) in [7, 11) is 0. The molecule has 2 aliphatic heterocycles. The summed E-state index contributed by atoms with van der Waals surface area (Å²) in [6.07, 6.45) is 1.08. The highest BCUT2D eigenvalue weighted by Crippen LogP contribution is 2.48. The van der Waals surface area contributed by atoms with Gasteiger partial charge in [0, 0.05) is 42.8 Å². The number of furan rings is 1. The van der Waals surface area contributed by atoms with Crippen molar-refractivity contribution in [3.8, 4) is 11.8 Å². The molecular weight excluding hydrogens is 426 g/mol. The number of hydrogen-bond acceptors (Lipinski definition) is 5. The first-order chi connectivity index (χ1) is 16.5. The molecule has 2 aromatic carbocycles. The summed E-state index contributed by atoms with van der Waals surface area (Å²) in [6, 6.07) is 19.4. The zero-order valence-electron chi connectivity index (χ0n) is 19.3. The van der Waals surface area contributed by atoms with Crippen LogP contribution in [0, 0.1) is 11.8 Å². The van der Waals surface area contributed by atoms with Gasteiger partial charge in [-0.15, -0.1) is 0 Å². The van der Waals surface area contributed by atoms with Crippen molar-refractivity contribution >= 4 is 11.6 Å². The van der Waals surface area contributed by atoms with Crippen LogP contribution in [0.5, 0.6) is 0 Å². The molecule has 1 atom stereocenters. The van der Waals surface area contributed by atoms with E-state index in [0.717, 1.165) is 36.2 Å². The number of carbonyl (C=O) groups excluding carboxylic acids is 1. The fourth-order valence-electron chi connectivity index (χ4n) is 5.11. The van der Waals surface area contributed by atoms with E-state index in [1.54, 1.807) is 19.1 Å². The van der Waals surface area contributed by atoms with Gasteiger partial charge in [0.15, 0.2) is 11.5 Å². The highest BCUT2D eigenvalue weighted by atomic mass is 16.3. The molecule has 1 spiro atoms. The zero-order chi connectivity index (χ0) is 23.7. The van der Waals surface area contributed by atoms with E-state index in [-0.39, 0.29) is 11.3 Å². The molecule has 34 heavy (non-hydrogen) atoms. The Labute approximate surface area is 200 Å². The van der Waals surface area contributed by atoms with Crippen molar-refractivity contribution in [2.75, 3.05) is 24.5 Å². The van der Waals surface area contributed by atoms with Crippen molar-refractivity contribution in [2.45, 2.75) is 38.0 Å². The van der Waals surface area contributed by atoms with Crippen LogP contribution in [0.4, 0.5) is 5.69 Å². The normalized spacial score (nSPS) is 17.3. The van der Waals surface area contributed by atoms with Crippen LogP contribution in [-0.4, -0.2) is 41.8 Å². The van der Waals surface area contributed by atoms with E-state index in [9.17, 15) is 9.90 Å². The minimum atomic E-state index is -0.569. The second kappa shape index (κ2) is 9.02. The Hall–Kier alpha value is -3.53. The summed E-state index contributed by atoms with van der Waals surface area (Å²) >= 11 is 0. The molecule has 3 heterocycles. The van der Waals surface area contributed by atoms with Crippen LogP contribution in [-0.2, 0) is 12.0 Å². The van der Waals surface area contributed by atoms with E-state index in [0.29, 0.717) is 31.2 Å². The average molecular weight is 456 g/mol. The molecule has 0 radical (unpaired) electrons. The smallest absolute Gasteiger partial charge is 0.289 e. The highest BCUT2D eigenvalue weighted by molar-refractivity contribution is 5.91. The second-order valence-electron chi connectivity index (χ2n) is 9.17. The number of nitrogens with two attached hydrogens (primary N) is 1. The summed E-state index contributed by atoms with van der Waals surface area (Å²) in [6.45, 7) is 4.29. The van der Waals surface area contributed by atoms with Crippen molar-refractivity contribution in [1.82, 2.24) is 4.90 Å². The summed E-state index contributed by atoms with van der Waals surface area (Å²) in [5.41, 5.74) is 10.1. The lowest BCUT2D eigenvalue weighted by atomic mass is 9.74. The van der Waals surface area contributed by atoms with Gasteiger partial charge in [-0.25, -0.2) is 0 Å². The van der Waals surface area contributed by atoms with Crippen LogP contribution in [0.2, 0.25) is 0 Å². The Morgan fingerprint density at radius 3 is 2.59 bits per heavy atom. The topological polar surface area (TPSA) is 82.9 Å². The first-order valence-corrected chi connectivity index (χ1v) is 11.7. The van der Waals surface area contributed by atoms with Gasteiger partial charge in [-0.3, -0.25) is 4.79 Å². The van der Waals surface area contributed by atoms with Gasteiger partial charge in [0.25, 0.3) is 5.91 Å². The standard InChI is InChI=1S/C28H29N3O3/c1-20(32)31-19-28(24-17-22(18-29)8-11-25(24)31)13-15-30(16-14-28)27(33)26-12-10-23(34-26)9-7-21-5-3-2-4-6-21/h2-6,8,10-12,17,20,32H,13-16,18-19,29H2,1H3. The number of fused-ring (bicyclic) bond motifs is 2. The largest absolute Gasteiger partial charge is 0.443 e. The molecule has 6 nitrogen and oxygen atoms in total. The van der Waals surface area contributed by atoms with Crippen LogP contribution in [0.3, 0.4) is 0 Å². The van der Waals surface area contributed by atoms with Gasteiger partial charge in [-0.1, -0.05) is 36.3 Å². The predicted octanol–water partition coefficient (Wildman–Crippen LogP) is 3.47. The SMILES string of the molecule is CC(O)N1CC2(CCN(C(=O)c3ccc(C#Cc4ccccc4)o3)CC2)c2cc(CN)ccc21. The Morgan fingerprint density at radius 2 is 1.88 bits per heavy atom. The van der Waals surface area contributed by atoms with Crippen molar-refractivity contribution in [2.24, 2.45) is 5.73 Å². The number of aliphatic hydroxyl groups excluding tert-OH is 1. The third-order valence-corrected chi connectivity index (χ3v) is 7.03. The van der Waals surface area contributed by atoms with Crippen molar-refractivity contribution in [1.29, 1.82) is 0 Å². The van der Waals surface area contributed by atoms with E-state index >= 15 is 0 Å². The lowest BCUT2D eigenvalue weighted by Gasteiger charge is -2.40. The first kappa shape index (κ1) is 22.3. The third kappa shape index (κ3) is 4.09. The Morgan fingerprint density at radius 1 is 1.12 bits per heavy atom. The van der Waals surface area contributed by atoms with Gasteiger partial charge in [0.05, 0.1) is 0 Å². The maximum atomic E-state index is 13.1. The van der Waals surface area contributed by atoms with E-state index in [1.165, 1.54) is 5.56 Å². The zero-order valence-corrected chi connectivity index (χ0v) is 19.3. The molecule has 1 aromatic heterocycles.